The molecule has 0 radical (unpaired) electrons. The van der Waals surface area contributed by atoms with Gasteiger partial charge in [-0.3, -0.25) is 19.8 Å². The summed E-state index contributed by atoms with van der Waals surface area (Å²) in [6.07, 6.45) is 13.7. The van der Waals surface area contributed by atoms with E-state index in [2.05, 4.69) is 10.7 Å². The number of hydrogen-bond acceptors (Lipinski definition) is 7. The SMILES string of the molecule is CCCN(CCC)C(=O)C1CC(C(=O)NC(CC2CCCCC2)C(O)CN(C)NC(=O)CC2CCCCC2)CC(S(=O)(=O)N(C)C)C1. The number of nitrogens with zero attached hydrogens (tertiary/aromatic N) is 3. The Balaban J connectivity index is 1.74. The van der Waals surface area contributed by atoms with Gasteiger partial charge in [0.15, 0.2) is 0 Å². The van der Waals surface area contributed by atoms with Crippen LogP contribution in [0.3, 0.4) is 0 Å². The largest absolute Gasteiger partial charge is 0.390 e. The second kappa shape index (κ2) is 19.4. The van der Waals surface area contributed by atoms with E-state index in [0.717, 1.165) is 51.4 Å². The minimum Gasteiger partial charge on any atom is -0.390 e. The predicted molar refractivity (Wildman–Crippen MR) is 185 cm³/mol. The fraction of sp³-hybridized carbons (Fsp3) is 0.914. The molecule has 12 heteroatoms. The van der Waals surface area contributed by atoms with E-state index < -0.39 is 39.3 Å². The van der Waals surface area contributed by atoms with Crippen molar-refractivity contribution in [1.82, 2.24) is 25.0 Å². The lowest BCUT2D eigenvalue weighted by Crippen LogP contribution is -2.54. The van der Waals surface area contributed by atoms with Gasteiger partial charge < -0.3 is 15.3 Å². The zero-order chi connectivity index (χ0) is 34.6. The van der Waals surface area contributed by atoms with Crippen LogP contribution in [0.4, 0.5) is 0 Å². The highest BCUT2D eigenvalue weighted by Gasteiger charge is 2.44. The van der Waals surface area contributed by atoms with Crippen molar-refractivity contribution in [2.24, 2.45) is 23.7 Å². The lowest BCUT2D eigenvalue weighted by molar-refractivity contribution is -0.138. The van der Waals surface area contributed by atoms with E-state index in [-0.39, 0.29) is 43.5 Å². The summed E-state index contributed by atoms with van der Waals surface area (Å²) < 4.78 is 27.9. The lowest BCUT2D eigenvalue weighted by atomic mass is 9.79. The van der Waals surface area contributed by atoms with E-state index in [9.17, 15) is 27.9 Å². The van der Waals surface area contributed by atoms with E-state index in [1.165, 1.54) is 44.1 Å². The third kappa shape index (κ3) is 12.3. The van der Waals surface area contributed by atoms with Crippen molar-refractivity contribution >= 4 is 27.7 Å². The van der Waals surface area contributed by atoms with Crippen LogP contribution in [0.1, 0.15) is 123 Å². The van der Waals surface area contributed by atoms with Gasteiger partial charge in [0.2, 0.25) is 27.7 Å². The highest BCUT2D eigenvalue weighted by molar-refractivity contribution is 7.89. The summed E-state index contributed by atoms with van der Waals surface area (Å²) in [5.41, 5.74) is 2.92. The van der Waals surface area contributed by atoms with E-state index in [1.807, 2.05) is 18.7 Å². The maximum absolute atomic E-state index is 14.0. The molecule has 0 aromatic heterocycles. The smallest absolute Gasteiger partial charge is 0.234 e. The predicted octanol–water partition coefficient (Wildman–Crippen LogP) is 4.06. The number of likely N-dealkylation sites (N-methyl/N-ethyl adjacent to an activating group) is 1. The Morgan fingerprint density at radius 2 is 1.36 bits per heavy atom. The maximum atomic E-state index is 14.0. The molecule has 272 valence electrons. The molecular formula is C35H65N5O6S. The fourth-order valence-electron chi connectivity index (χ4n) is 8.11. The van der Waals surface area contributed by atoms with Crippen molar-refractivity contribution in [3.8, 4) is 0 Å². The molecule has 0 saturated heterocycles. The second-order valence-electron chi connectivity index (χ2n) is 14.9. The monoisotopic (exact) mass is 683 g/mol. The first-order valence-electron chi connectivity index (χ1n) is 18.5. The molecule has 0 aliphatic heterocycles. The summed E-state index contributed by atoms with van der Waals surface area (Å²) in [5.74, 6) is -0.888. The van der Waals surface area contributed by atoms with Crippen LogP contribution in [0.2, 0.25) is 0 Å². The van der Waals surface area contributed by atoms with Crippen LogP contribution in [0.25, 0.3) is 0 Å². The van der Waals surface area contributed by atoms with Gasteiger partial charge in [-0.05, 0) is 63.2 Å². The standard InChI is InChI=1S/C35H65N5O6S/c1-6-18-40(19-7-2)35(44)29-22-28(23-30(24-29)47(45,46)38(3)4)34(43)36-31(20-26-14-10-8-11-15-26)32(41)25-39(5)37-33(42)21-27-16-12-9-13-17-27/h26-32,41H,6-25H2,1-5H3,(H,36,43)(H,37,42). The van der Waals surface area contributed by atoms with Crippen molar-refractivity contribution in [3.63, 3.8) is 0 Å². The molecule has 3 amide bonds. The zero-order valence-electron chi connectivity index (χ0n) is 29.9. The van der Waals surface area contributed by atoms with Gasteiger partial charge in [0.25, 0.3) is 0 Å². The topological polar surface area (TPSA) is 139 Å². The fourth-order valence-corrected chi connectivity index (χ4v) is 9.66. The van der Waals surface area contributed by atoms with Gasteiger partial charge >= 0.3 is 0 Å². The molecule has 11 nitrogen and oxygen atoms in total. The van der Waals surface area contributed by atoms with E-state index in [0.29, 0.717) is 37.8 Å². The normalized spacial score (nSPS) is 24.6. The molecule has 0 bridgehead atoms. The van der Waals surface area contributed by atoms with E-state index >= 15 is 0 Å². The van der Waals surface area contributed by atoms with Crippen LogP contribution in [0.5, 0.6) is 0 Å². The number of amides is 3. The summed E-state index contributed by atoms with van der Waals surface area (Å²) in [4.78, 5) is 42.3. The zero-order valence-corrected chi connectivity index (χ0v) is 30.7. The van der Waals surface area contributed by atoms with Gasteiger partial charge in [-0.25, -0.2) is 17.7 Å². The summed E-state index contributed by atoms with van der Waals surface area (Å²) in [6.45, 7) is 5.39. The number of aliphatic hydroxyl groups is 1. The van der Waals surface area contributed by atoms with Crippen molar-refractivity contribution in [3.05, 3.63) is 0 Å². The highest BCUT2D eigenvalue weighted by atomic mass is 32.2. The molecule has 3 N–H and O–H groups in total. The Hall–Kier alpha value is -1.76. The van der Waals surface area contributed by atoms with Gasteiger partial charge in [-0.15, -0.1) is 0 Å². The number of sulfonamides is 1. The van der Waals surface area contributed by atoms with Crippen LogP contribution in [0, 0.1) is 23.7 Å². The minimum atomic E-state index is -3.70. The third-order valence-electron chi connectivity index (χ3n) is 10.7. The molecule has 3 rings (SSSR count). The average molecular weight is 684 g/mol. The maximum Gasteiger partial charge on any atom is 0.234 e. The Morgan fingerprint density at radius 3 is 1.91 bits per heavy atom. The quantitative estimate of drug-likeness (QED) is 0.197. The van der Waals surface area contributed by atoms with Crippen LogP contribution in [-0.4, -0.2) is 104 Å². The molecule has 0 aromatic carbocycles. The van der Waals surface area contributed by atoms with E-state index in [1.54, 1.807) is 12.1 Å². The summed E-state index contributed by atoms with van der Waals surface area (Å²) in [6, 6.07) is -0.556. The Bertz CT molecular complexity index is 1090. The Kier molecular flexibility index (Phi) is 16.4. The molecule has 0 spiro atoms. The first-order chi connectivity index (χ1) is 22.3. The molecule has 3 aliphatic rings. The number of nitrogens with one attached hydrogen (secondary N) is 2. The molecular weight excluding hydrogens is 618 g/mol. The molecule has 5 atom stereocenters. The van der Waals surface area contributed by atoms with Crippen molar-refractivity contribution < 1.29 is 27.9 Å². The number of rotatable bonds is 17. The van der Waals surface area contributed by atoms with Crippen LogP contribution >= 0.6 is 0 Å². The van der Waals surface area contributed by atoms with Gasteiger partial charge in [0.05, 0.1) is 17.4 Å². The first kappa shape index (κ1) is 39.7. The molecule has 0 aromatic rings. The molecule has 0 heterocycles. The molecule has 5 unspecified atom stereocenters. The number of hydrazine groups is 1. The number of hydrogen-bond donors (Lipinski definition) is 3. The molecule has 3 fully saturated rings. The lowest BCUT2D eigenvalue weighted by Gasteiger charge is -2.38. The number of carbonyl (C=O) groups excluding carboxylic acids is 3. The van der Waals surface area contributed by atoms with Crippen molar-refractivity contribution in [2.45, 2.75) is 140 Å². The average Bonchev–Trinajstić information content (AvgIpc) is 3.04. The van der Waals surface area contributed by atoms with Gasteiger partial charge in [-0.1, -0.05) is 65.2 Å². The summed E-state index contributed by atoms with van der Waals surface area (Å²) in [7, 11) is 1.04. The molecule has 3 aliphatic carbocycles. The first-order valence-corrected chi connectivity index (χ1v) is 20.0. The second-order valence-corrected chi connectivity index (χ2v) is 17.3. The third-order valence-corrected chi connectivity index (χ3v) is 12.9. The van der Waals surface area contributed by atoms with Gasteiger partial charge in [0, 0.05) is 59.0 Å². The minimum absolute atomic E-state index is 0.0503. The Labute approximate surface area is 285 Å². The summed E-state index contributed by atoms with van der Waals surface area (Å²) >= 11 is 0. The van der Waals surface area contributed by atoms with Crippen LogP contribution < -0.4 is 10.7 Å². The van der Waals surface area contributed by atoms with E-state index in [4.69, 9.17) is 0 Å². The molecule has 47 heavy (non-hydrogen) atoms. The van der Waals surface area contributed by atoms with Crippen LogP contribution in [0.15, 0.2) is 0 Å². The van der Waals surface area contributed by atoms with Crippen molar-refractivity contribution in [2.75, 3.05) is 40.8 Å². The van der Waals surface area contributed by atoms with Crippen molar-refractivity contribution in [1.29, 1.82) is 0 Å². The Morgan fingerprint density at radius 1 is 0.809 bits per heavy atom. The number of aliphatic hydroxyl groups excluding tert-OH is 1. The highest BCUT2D eigenvalue weighted by Crippen LogP contribution is 2.36. The molecule has 3 saturated carbocycles. The number of carbonyl (C=O) groups is 3. The van der Waals surface area contributed by atoms with Crippen LogP contribution in [-0.2, 0) is 24.4 Å². The summed E-state index contributed by atoms with van der Waals surface area (Å²) in [5, 5.41) is 15.4. The van der Waals surface area contributed by atoms with Gasteiger partial charge in [-0.2, -0.15) is 0 Å². The van der Waals surface area contributed by atoms with Gasteiger partial charge in [0.1, 0.15) is 0 Å².